The first-order chi connectivity index (χ1) is 6.11. The van der Waals surface area contributed by atoms with Gasteiger partial charge in [0.1, 0.15) is 0 Å². The van der Waals surface area contributed by atoms with Gasteiger partial charge >= 0.3 is 5.97 Å². The van der Waals surface area contributed by atoms with Gasteiger partial charge in [0.2, 0.25) is 0 Å². The number of esters is 1. The average Bonchev–Trinajstić information content (AvgIpc) is 2.05. The third-order valence-corrected chi connectivity index (χ3v) is 2.10. The van der Waals surface area contributed by atoms with Crippen LogP contribution in [0.1, 0.15) is 33.6 Å². The second-order valence-electron chi connectivity index (χ2n) is 3.34. The number of carbonyl (C=O) groups excluding carboxylic acids is 1. The van der Waals surface area contributed by atoms with Gasteiger partial charge in [-0.3, -0.25) is 4.79 Å². The zero-order chi connectivity index (χ0) is 10.3. The lowest BCUT2D eigenvalue weighted by Crippen LogP contribution is -2.32. The molecule has 13 heavy (non-hydrogen) atoms. The highest BCUT2D eigenvalue weighted by molar-refractivity contribution is 5.69. The summed E-state index contributed by atoms with van der Waals surface area (Å²) in [5.41, 5.74) is 0. The Hall–Kier alpha value is -0.570. The molecule has 1 atom stereocenters. The van der Waals surface area contributed by atoms with Gasteiger partial charge < -0.3 is 9.64 Å². The van der Waals surface area contributed by atoms with E-state index in [1.165, 1.54) is 0 Å². The fourth-order valence-corrected chi connectivity index (χ4v) is 1.19. The summed E-state index contributed by atoms with van der Waals surface area (Å²) in [5, 5.41) is 0. The van der Waals surface area contributed by atoms with Crippen LogP contribution in [0.2, 0.25) is 0 Å². The highest BCUT2D eigenvalue weighted by atomic mass is 16.5. The Labute approximate surface area is 81.1 Å². The van der Waals surface area contributed by atoms with Crippen molar-refractivity contribution in [2.45, 2.75) is 39.7 Å². The predicted octanol–water partition coefficient (Wildman–Crippen LogP) is 1.67. The summed E-state index contributed by atoms with van der Waals surface area (Å²) < 4.78 is 4.88. The SMILES string of the molecule is CCCN(C)C(C)CC(=O)OCC. The van der Waals surface area contributed by atoms with Crippen molar-refractivity contribution >= 4 is 5.97 Å². The van der Waals surface area contributed by atoms with Gasteiger partial charge in [-0.1, -0.05) is 6.92 Å². The van der Waals surface area contributed by atoms with Crippen LogP contribution in [0.4, 0.5) is 0 Å². The van der Waals surface area contributed by atoms with Gasteiger partial charge in [0.15, 0.2) is 0 Å². The maximum Gasteiger partial charge on any atom is 0.307 e. The molecule has 0 radical (unpaired) electrons. The smallest absolute Gasteiger partial charge is 0.307 e. The molecule has 3 heteroatoms. The zero-order valence-electron chi connectivity index (χ0n) is 9.17. The highest BCUT2D eigenvalue weighted by Gasteiger charge is 2.13. The van der Waals surface area contributed by atoms with E-state index in [-0.39, 0.29) is 12.0 Å². The second-order valence-corrected chi connectivity index (χ2v) is 3.34. The summed E-state index contributed by atoms with van der Waals surface area (Å²) in [4.78, 5) is 13.3. The van der Waals surface area contributed by atoms with E-state index in [2.05, 4.69) is 11.8 Å². The van der Waals surface area contributed by atoms with Crippen molar-refractivity contribution in [2.24, 2.45) is 0 Å². The maximum atomic E-state index is 11.1. The Morgan fingerprint density at radius 2 is 2.08 bits per heavy atom. The van der Waals surface area contributed by atoms with E-state index in [9.17, 15) is 4.79 Å². The molecular formula is C10H21NO2. The van der Waals surface area contributed by atoms with Crippen molar-refractivity contribution in [3.05, 3.63) is 0 Å². The van der Waals surface area contributed by atoms with E-state index in [1.807, 2.05) is 20.9 Å². The van der Waals surface area contributed by atoms with Gasteiger partial charge in [0, 0.05) is 6.04 Å². The molecule has 0 heterocycles. The van der Waals surface area contributed by atoms with Gasteiger partial charge in [-0.15, -0.1) is 0 Å². The number of hydrogen-bond acceptors (Lipinski definition) is 3. The fourth-order valence-electron chi connectivity index (χ4n) is 1.19. The van der Waals surface area contributed by atoms with Gasteiger partial charge in [-0.05, 0) is 33.9 Å². The van der Waals surface area contributed by atoms with Crippen molar-refractivity contribution in [3.8, 4) is 0 Å². The Kier molecular flexibility index (Phi) is 6.59. The molecule has 0 aliphatic heterocycles. The minimum absolute atomic E-state index is 0.0991. The summed E-state index contributed by atoms with van der Waals surface area (Å²) in [7, 11) is 2.04. The third-order valence-electron chi connectivity index (χ3n) is 2.10. The molecule has 0 bridgehead atoms. The molecule has 0 aromatic rings. The normalized spacial score (nSPS) is 13.0. The van der Waals surface area contributed by atoms with Gasteiger partial charge in [-0.25, -0.2) is 0 Å². The molecule has 0 aliphatic rings. The molecule has 78 valence electrons. The topological polar surface area (TPSA) is 29.5 Å². The fraction of sp³-hybridized carbons (Fsp3) is 0.900. The van der Waals surface area contributed by atoms with Crippen molar-refractivity contribution in [1.82, 2.24) is 4.90 Å². The van der Waals surface area contributed by atoms with Crippen LogP contribution in [0.15, 0.2) is 0 Å². The van der Waals surface area contributed by atoms with Crippen molar-refractivity contribution in [2.75, 3.05) is 20.2 Å². The predicted molar refractivity (Wildman–Crippen MR) is 53.6 cm³/mol. The first-order valence-electron chi connectivity index (χ1n) is 4.97. The third kappa shape index (κ3) is 5.64. The van der Waals surface area contributed by atoms with Crippen LogP contribution < -0.4 is 0 Å². The Bertz CT molecular complexity index is 148. The standard InChI is InChI=1S/C10H21NO2/c1-5-7-11(4)9(3)8-10(12)13-6-2/h9H,5-8H2,1-4H3. The Morgan fingerprint density at radius 1 is 1.46 bits per heavy atom. The summed E-state index contributed by atoms with van der Waals surface area (Å²) in [6.45, 7) is 7.52. The molecule has 0 N–H and O–H groups in total. The number of ether oxygens (including phenoxy) is 1. The van der Waals surface area contributed by atoms with Gasteiger partial charge in [0.05, 0.1) is 13.0 Å². The van der Waals surface area contributed by atoms with Gasteiger partial charge in [0.25, 0.3) is 0 Å². The molecule has 3 nitrogen and oxygen atoms in total. The highest BCUT2D eigenvalue weighted by Crippen LogP contribution is 2.03. The molecule has 0 spiro atoms. The van der Waals surface area contributed by atoms with Crippen LogP contribution in [0.5, 0.6) is 0 Å². The minimum atomic E-state index is -0.0991. The van der Waals surface area contributed by atoms with E-state index in [0.717, 1.165) is 13.0 Å². The Balaban J connectivity index is 3.71. The molecule has 0 saturated carbocycles. The molecule has 0 aromatic heterocycles. The van der Waals surface area contributed by atoms with Crippen molar-refractivity contribution in [3.63, 3.8) is 0 Å². The summed E-state index contributed by atoms with van der Waals surface area (Å²) >= 11 is 0. The van der Waals surface area contributed by atoms with E-state index >= 15 is 0 Å². The van der Waals surface area contributed by atoms with E-state index in [4.69, 9.17) is 4.74 Å². The van der Waals surface area contributed by atoms with Crippen LogP contribution in [-0.4, -0.2) is 37.1 Å². The molecule has 0 rings (SSSR count). The number of carbonyl (C=O) groups is 1. The van der Waals surface area contributed by atoms with E-state index in [0.29, 0.717) is 13.0 Å². The van der Waals surface area contributed by atoms with Crippen LogP contribution in [0, 0.1) is 0 Å². The molecule has 0 amide bonds. The lowest BCUT2D eigenvalue weighted by molar-refractivity contribution is -0.144. The molecule has 0 aliphatic carbocycles. The number of rotatable bonds is 6. The number of nitrogens with zero attached hydrogens (tertiary/aromatic N) is 1. The number of hydrogen-bond donors (Lipinski definition) is 0. The second kappa shape index (κ2) is 6.89. The lowest BCUT2D eigenvalue weighted by Gasteiger charge is -2.22. The first-order valence-corrected chi connectivity index (χ1v) is 4.97. The largest absolute Gasteiger partial charge is 0.466 e. The maximum absolute atomic E-state index is 11.1. The monoisotopic (exact) mass is 187 g/mol. The van der Waals surface area contributed by atoms with Crippen LogP contribution >= 0.6 is 0 Å². The van der Waals surface area contributed by atoms with E-state index in [1.54, 1.807) is 0 Å². The van der Waals surface area contributed by atoms with Crippen molar-refractivity contribution in [1.29, 1.82) is 0 Å². The molecule has 0 fully saturated rings. The summed E-state index contributed by atoms with van der Waals surface area (Å²) in [6, 6.07) is 0.277. The van der Waals surface area contributed by atoms with Crippen LogP contribution in [-0.2, 0) is 9.53 Å². The summed E-state index contributed by atoms with van der Waals surface area (Å²) in [5.74, 6) is -0.0991. The van der Waals surface area contributed by atoms with Crippen LogP contribution in [0.3, 0.4) is 0 Å². The summed E-state index contributed by atoms with van der Waals surface area (Å²) in [6.07, 6.45) is 1.61. The van der Waals surface area contributed by atoms with Gasteiger partial charge in [-0.2, -0.15) is 0 Å². The molecular weight excluding hydrogens is 166 g/mol. The van der Waals surface area contributed by atoms with Crippen molar-refractivity contribution < 1.29 is 9.53 Å². The zero-order valence-corrected chi connectivity index (χ0v) is 9.17. The van der Waals surface area contributed by atoms with Crippen LogP contribution in [0.25, 0.3) is 0 Å². The first kappa shape index (κ1) is 12.4. The van der Waals surface area contributed by atoms with E-state index < -0.39 is 0 Å². The quantitative estimate of drug-likeness (QED) is 0.592. The lowest BCUT2D eigenvalue weighted by atomic mass is 10.2. The molecule has 0 aromatic carbocycles. The average molecular weight is 187 g/mol. The minimum Gasteiger partial charge on any atom is -0.466 e. The molecule has 1 unspecified atom stereocenters. The molecule has 0 saturated heterocycles. The Morgan fingerprint density at radius 3 is 2.54 bits per heavy atom.